The molecule has 3 rings (SSSR count). The van der Waals surface area contributed by atoms with E-state index in [1.807, 2.05) is 74.5 Å². The molecule has 3 aromatic rings. The van der Waals surface area contributed by atoms with Gasteiger partial charge in [0.15, 0.2) is 6.61 Å². The van der Waals surface area contributed by atoms with E-state index in [1.54, 1.807) is 12.0 Å². The number of fused-ring (bicyclic) bond motifs is 1. The summed E-state index contributed by atoms with van der Waals surface area (Å²) in [5.74, 6) is 0.882. The van der Waals surface area contributed by atoms with Gasteiger partial charge in [0, 0.05) is 13.1 Å². The molecule has 0 bridgehead atoms. The van der Waals surface area contributed by atoms with Crippen LogP contribution >= 0.6 is 15.9 Å². The van der Waals surface area contributed by atoms with E-state index in [1.165, 1.54) is 0 Å². The summed E-state index contributed by atoms with van der Waals surface area (Å²) in [7, 11) is 1.61. The van der Waals surface area contributed by atoms with Crippen LogP contribution in [0.5, 0.6) is 11.5 Å². The fourth-order valence-electron chi connectivity index (χ4n) is 3.69. The second-order valence-corrected chi connectivity index (χ2v) is 8.37. The molecule has 0 spiro atoms. The van der Waals surface area contributed by atoms with Crippen molar-refractivity contribution in [1.29, 1.82) is 0 Å². The van der Waals surface area contributed by atoms with Crippen LogP contribution in [0.1, 0.15) is 25.8 Å². The van der Waals surface area contributed by atoms with Gasteiger partial charge in [-0.25, -0.2) is 0 Å². The topological polar surface area (TPSA) is 67.9 Å². The Labute approximate surface area is 203 Å². The maximum absolute atomic E-state index is 13.3. The second kappa shape index (κ2) is 11.7. The minimum Gasteiger partial charge on any atom is -0.497 e. The Balaban J connectivity index is 1.81. The third kappa shape index (κ3) is 6.05. The van der Waals surface area contributed by atoms with E-state index in [0.29, 0.717) is 25.3 Å². The molecule has 0 fully saturated rings. The van der Waals surface area contributed by atoms with E-state index in [2.05, 4.69) is 21.2 Å². The first-order chi connectivity index (χ1) is 16.0. The van der Waals surface area contributed by atoms with Crippen LogP contribution < -0.4 is 14.8 Å². The number of methoxy groups -OCH3 is 1. The number of rotatable bonds is 10. The largest absolute Gasteiger partial charge is 0.497 e. The molecule has 0 heterocycles. The van der Waals surface area contributed by atoms with Gasteiger partial charge in [0.25, 0.3) is 5.91 Å². The summed E-state index contributed by atoms with van der Waals surface area (Å²) in [6.45, 7) is 4.37. The van der Waals surface area contributed by atoms with Crippen LogP contribution in [0.15, 0.2) is 65.1 Å². The Bertz CT molecular complexity index is 1100. The van der Waals surface area contributed by atoms with Gasteiger partial charge in [0.2, 0.25) is 5.91 Å². The van der Waals surface area contributed by atoms with Gasteiger partial charge in [0.1, 0.15) is 17.5 Å². The maximum Gasteiger partial charge on any atom is 0.261 e. The van der Waals surface area contributed by atoms with Crippen LogP contribution in [-0.2, 0) is 16.1 Å². The number of benzene rings is 3. The zero-order valence-electron chi connectivity index (χ0n) is 19.1. The average Bonchev–Trinajstić information content (AvgIpc) is 2.84. The lowest BCUT2D eigenvalue weighted by Gasteiger charge is -2.30. The van der Waals surface area contributed by atoms with Gasteiger partial charge in [0.05, 0.1) is 11.6 Å². The molecular weight excluding hydrogens is 484 g/mol. The average molecular weight is 513 g/mol. The van der Waals surface area contributed by atoms with Gasteiger partial charge in [-0.15, -0.1) is 0 Å². The van der Waals surface area contributed by atoms with Crippen molar-refractivity contribution >= 4 is 38.5 Å². The molecule has 7 heteroatoms. The Morgan fingerprint density at radius 3 is 2.42 bits per heavy atom. The number of halogens is 1. The molecule has 1 N–H and O–H groups in total. The van der Waals surface area contributed by atoms with Gasteiger partial charge in [-0.1, -0.05) is 49.4 Å². The standard InChI is InChI=1S/C26H29BrN2O4/c1-4-22(26(31)28-5-2)29(16-18-10-13-20(32-3)14-11-18)24(30)17-33-23-15-12-19-8-6-7-9-21(19)25(23)27/h6-15,22H,4-5,16-17H2,1-3H3,(H,28,31)/t22-/m1/s1. The van der Waals surface area contributed by atoms with E-state index in [9.17, 15) is 9.59 Å². The smallest absolute Gasteiger partial charge is 0.261 e. The van der Waals surface area contributed by atoms with E-state index in [4.69, 9.17) is 9.47 Å². The van der Waals surface area contributed by atoms with Crippen molar-refractivity contribution in [3.8, 4) is 11.5 Å². The second-order valence-electron chi connectivity index (χ2n) is 7.58. The van der Waals surface area contributed by atoms with Crippen LogP contribution in [0.2, 0.25) is 0 Å². The number of amides is 2. The van der Waals surface area contributed by atoms with Crippen LogP contribution in [0.25, 0.3) is 10.8 Å². The number of hydrogen-bond donors (Lipinski definition) is 1. The van der Waals surface area contributed by atoms with E-state index in [-0.39, 0.29) is 18.4 Å². The first-order valence-electron chi connectivity index (χ1n) is 11.0. The summed E-state index contributed by atoms with van der Waals surface area (Å²) >= 11 is 3.60. The zero-order valence-corrected chi connectivity index (χ0v) is 20.7. The summed E-state index contributed by atoms with van der Waals surface area (Å²) in [6, 6.07) is 18.6. The summed E-state index contributed by atoms with van der Waals surface area (Å²) in [4.78, 5) is 27.6. The normalized spacial score (nSPS) is 11.6. The molecule has 6 nitrogen and oxygen atoms in total. The van der Waals surface area contributed by atoms with Crippen LogP contribution in [0.3, 0.4) is 0 Å². The number of carbonyl (C=O) groups is 2. The van der Waals surface area contributed by atoms with Crippen molar-refractivity contribution in [3.05, 3.63) is 70.7 Å². The number of nitrogens with one attached hydrogen (secondary N) is 1. The first kappa shape index (κ1) is 24.6. The molecule has 2 amide bonds. The number of hydrogen-bond acceptors (Lipinski definition) is 4. The molecule has 0 aliphatic heterocycles. The predicted molar refractivity (Wildman–Crippen MR) is 133 cm³/mol. The maximum atomic E-state index is 13.3. The van der Waals surface area contributed by atoms with E-state index >= 15 is 0 Å². The van der Waals surface area contributed by atoms with E-state index < -0.39 is 6.04 Å². The van der Waals surface area contributed by atoms with Crippen molar-refractivity contribution in [1.82, 2.24) is 10.2 Å². The fourth-order valence-corrected chi connectivity index (χ4v) is 4.29. The lowest BCUT2D eigenvalue weighted by Crippen LogP contribution is -2.50. The molecule has 0 aliphatic carbocycles. The molecule has 0 saturated heterocycles. The predicted octanol–water partition coefficient (Wildman–Crippen LogP) is 4.93. The summed E-state index contributed by atoms with van der Waals surface area (Å²) in [5, 5.41) is 4.92. The highest BCUT2D eigenvalue weighted by atomic mass is 79.9. The third-order valence-corrected chi connectivity index (χ3v) is 6.25. The molecule has 0 saturated carbocycles. The highest BCUT2D eigenvalue weighted by molar-refractivity contribution is 9.10. The van der Waals surface area contributed by atoms with Gasteiger partial charge < -0.3 is 19.7 Å². The van der Waals surface area contributed by atoms with Crippen molar-refractivity contribution < 1.29 is 19.1 Å². The molecular formula is C26H29BrN2O4. The number of carbonyl (C=O) groups excluding carboxylic acids is 2. The molecule has 1 atom stereocenters. The van der Waals surface area contributed by atoms with E-state index in [0.717, 1.165) is 26.6 Å². The summed E-state index contributed by atoms with van der Waals surface area (Å²) in [5.41, 5.74) is 0.902. The minimum absolute atomic E-state index is 0.172. The lowest BCUT2D eigenvalue weighted by molar-refractivity contribution is -0.142. The van der Waals surface area contributed by atoms with Crippen molar-refractivity contribution in [2.45, 2.75) is 32.9 Å². The molecule has 174 valence electrons. The minimum atomic E-state index is -0.594. The van der Waals surface area contributed by atoms with Gasteiger partial charge in [-0.05, 0) is 63.8 Å². The molecule has 0 aliphatic rings. The zero-order chi connectivity index (χ0) is 23.8. The van der Waals surface area contributed by atoms with Crippen LogP contribution in [0, 0.1) is 0 Å². The fraction of sp³-hybridized carbons (Fsp3) is 0.308. The number of nitrogens with zero attached hydrogens (tertiary/aromatic N) is 1. The molecule has 3 aromatic carbocycles. The van der Waals surface area contributed by atoms with Gasteiger partial charge >= 0.3 is 0 Å². The Morgan fingerprint density at radius 2 is 1.76 bits per heavy atom. The first-order valence-corrected chi connectivity index (χ1v) is 11.8. The Kier molecular flexibility index (Phi) is 8.72. The highest BCUT2D eigenvalue weighted by Gasteiger charge is 2.28. The van der Waals surface area contributed by atoms with Crippen LogP contribution in [0.4, 0.5) is 0 Å². The molecule has 0 radical (unpaired) electrons. The van der Waals surface area contributed by atoms with Crippen molar-refractivity contribution in [3.63, 3.8) is 0 Å². The summed E-state index contributed by atoms with van der Waals surface area (Å²) in [6.07, 6.45) is 0.493. The third-order valence-electron chi connectivity index (χ3n) is 5.43. The van der Waals surface area contributed by atoms with Gasteiger partial charge in [-0.2, -0.15) is 0 Å². The lowest BCUT2D eigenvalue weighted by atomic mass is 10.1. The van der Waals surface area contributed by atoms with Crippen LogP contribution in [-0.4, -0.2) is 43.0 Å². The Hall–Kier alpha value is -3.06. The highest BCUT2D eigenvalue weighted by Crippen LogP contribution is 2.33. The SMILES string of the molecule is CCNC(=O)[C@@H](CC)N(Cc1ccc(OC)cc1)C(=O)COc1ccc2ccccc2c1Br. The summed E-state index contributed by atoms with van der Waals surface area (Å²) < 4.78 is 11.9. The van der Waals surface area contributed by atoms with Crippen molar-refractivity contribution in [2.75, 3.05) is 20.3 Å². The quantitative estimate of drug-likeness (QED) is 0.418. The van der Waals surface area contributed by atoms with Gasteiger partial charge in [-0.3, -0.25) is 9.59 Å². The molecule has 0 unspecified atom stereocenters. The number of ether oxygens (including phenoxy) is 2. The molecule has 33 heavy (non-hydrogen) atoms. The monoisotopic (exact) mass is 512 g/mol. The molecule has 0 aromatic heterocycles. The Morgan fingerprint density at radius 1 is 1.03 bits per heavy atom. The number of likely N-dealkylation sites (N-methyl/N-ethyl adjacent to an activating group) is 1. The van der Waals surface area contributed by atoms with Crippen molar-refractivity contribution in [2.24, 2.45) is 0 Å².